The minimum atomic E-state index is 0. The standard InChI is InChI=1S/C8H15NO.CH4/c1-9-4-2-3-8(5-9)6-10-7-8;/h2-7H2,1H3;1H4. The van der Waals surface area contributed by atoms with Crippen LogP contribution in [0.5, 0.6) is 0 Å². The molecule has 2 fully saturated rings. The molecule has 0 bridgehead atoms. The first-order valence-electron chi connectivity index (χ1n) is 4.07. The number of ether oxygens (including phenoxy) is 1. The van der Waals surface area contributed by atoms with Crippen LogP contribution in [0, 0.1) is 5.41 Å². The minimum absolute atomic E-state index is 0. The van der Waals surface area contributed by atoms with Crippen LogP contribution in [0.1, 0.15) is 20.3 Å². The van der Waals surface area contributed by atoms with Crippen molar-refractivity contribution in [1.29, 1.82) is 0 Å². The predicted molar refractivity (Wildman–Crippen MR) is 46.7 cm³/mol. The second-order valence-corrected chi connectivity index (χ2v) is 3.83. The highest BCUT2D eigenvalue weighted by molar-refractivity contribution is 4.90. The van der Waals surface area contributed by atoms with Gasteiger partial charge in [0.05, 0.1) is 13.2 Å². The lowest BCUT2D eigenvalue weighted by molar-refractivity contribution is -0.140. The Morgan fingerprint density at radius 3 is 2.45 bits per heavy atom. The number of hydrogen-bond donors (Lipinski definition) is 0. The highest BCUT2D eigenvalue weighted by atomic mass is 16.5. The summed E-state index contributed by atoms with van der Waals surface area (Å²) in [4.78, 5) is 2.42. The normalized spacial score (nSPS) is 29.2. The van der Waals surface area contributed by atoms with Crippen LogP contribution >= 0.6 is 0 Å². The van der Waals surface area contributed by atoms with Crippen molar-refractivity contribution in [3.8, 4) is 0 Å². The minimum Gasteiger partial charge on any atom is -0.380 e. The highest BCUT2D eigenvalue weighted by Crippen LogP contribution is 2.36. The smallest absolute Gasteiger partial charge is 0.0557 e. The topological polar surface area (TPSA) is 12.5 Å². The van der Waals surface area contributed by atoms with E-state index in [0.717, 1.165) is 13.2 Å². The first-order chi connectivity index (χ1) is 4.81. The van der Waals surface area contributed by atoms with Gasteiger partial charge in [-0.05, 0) is 26.4 Å². The number of rotatable bonds is 0. The van der Waals surface area contributed by atoms with Crippen molar-refractivity contribution < 1.29 is 4.74 Å². The summed E-state index contributed by atoms with van der Waals surface area (Å²) in [5.74, 6) is 0. The van der Waals surface area contributed by atoms with Gasteiger partial charge in [-0.3, -0.25) is 0 Å². The first kappa shape index (κ1) is 9.01. The van der Waals surface area contributed by atoms with Crippen LogP contribution in [0.2, 0.25) is 0 Å². The van der Waals surface area contributed by atoms with E-state index >= 15 is 0 Å². The van der Waals surface area contributed by atoms with Gasteiger partial charge in [0.15, 0.2) is 0 Å². The Hall–Kier alpha value is -0.0800. The lowest BCUT2D eigenvalue weighted by Gasteiger charge is -2.47. The maximum atomic E-state index is 5.24. The number of nitrogens with zero attached hydrogens (tertiary/aromatic N) is 1. The SMILES string of the molecule is C.CN1CCCC2(COC2)C1. The van der Waals surface area contributed by atoms with Crippen LogP contribution < -0.4 is 0 Å². The molecule has 2 saturated heterocycles. The van der Waals surface area contributed by atoms with Gasteiger partial charge in [0.2, 0.25) is 0 Å². The molecule has 0 aromatic rings. The summed E-state index contributed by atoms with van der Waals surface area (Å²) in [5.41, 5.74) is 0.576. The zero-order chi connectivity index (χ0) is 7.03. The van der Waals surface area contributed by atoms with Crippen molar-refractivity contribution in [3.05, 3.63) is 0 Å². The number of piperidine rings is 1. The van der Waals surface area contributed by atoms with E-state index in [0.29, 0.717) is 5.41 Å². The van der Waals surface area contributed by atoms with Crippen molar-refractivity contribution >= 4 is 0 Å². The van der Waals surface area contributed by atoms with Gasteiger partial charge in [0.25, 0.3) is 0 Å². The molecule has 2 rings (SSSR count). The Morgan fingerprint density at radius 2 is 2.09 bits per heavy atom. The predicted octanol–water partition coefficient (Wildman–Crippen LogP) is 1.36. The van der Waals surface area contributed by atoms with Gasteiger partial charge < -0.3 is 9.64 Å². The van der Waals surface area contributed by atoms with Crippen LogP contribution in [0.3, 0.4) is 0 Å². The molecule has 66 valence electrons. The van der Waals surface area contributed by atoms with Gasteiger partial charge >= 0.3 is 0 Å². The van der Waals surface area contributed by atoms with E-state index < -0.39 is 0 Å². The molecule has 11 heavy (non-hydrogen) atoms. The van der Waals surface area contributed by atoms with E-state index in [9.17, 15) is 0 Å². The monoisotopic (exact) mass is 157 g/mol. The van der Waals surface area contributed by atoms with Crippen LogP contribution in [-0.4, -0.2) is 38.3 Å². The van der Waals surface area contributed by atoms with E-state index in [2.05, 4.69) is 11.9 Å². The number of hydrogen-bond acceptors (Lipinski definition) is 2. The van der Waals surface area contributed by atoms with E-state index in [1.165, 1.54) is 25.9 Å². The van der Waals surface area contributed by atoms with Gasteiger partial charge in [-0.1, -0.05) is 7.43 Å². The lowest BCUT2D eigenvalue weighted by Crippen LogP contribution is -2.53. The van der Waals surface area contributed by atoms with Gasteiger partial charge in [0, 0.05) is 12.0 Å². The summed E-state index contributed by atoms with van der Waals surface area (Å²) in [6, 6.07) is 0. The van der Waals surface area contributed by atoms with Crippen molar-refractivity contribution in [3.63, 3.8) is 0 Å². The summed E-state index contributed by atoms with van der Waals surface area (Å²) in [5, 5.41) is 0. The molecule has 0 amide bonds. The summed E-state index contributed by atoms with van der Waals surface area (Å²) < 4.78 is 5.24. The summed E-state index contributed by atoms with van der Waals surface area (Å²) in [6.45, 7) is 4.56. The molecule has 2 aliphatic heterocycles. The van der Waals surface area contributed by atoms with E-state index in [-0.39, 0.29) is 7.43 Å². The van der Waals surface area contributed by atoms with Gasteiger partial charge in [-0.15, -0.1) is 0 Å². The van der Waals surface area contributed by atoms with E-state index in [1.54, 1.807) is 0 Å². The summed E-state index contributed by atoms with van der Waals surface area (Å²) >= 11 is 0. The van der Waals surface area contributed by atoms with Crippen LogP contribution in [0.25, 0.3) is 0 Å². The average Bonchev–Trinajstić information content (AvgIpc) is 1.85. The molecular weight excluding hydrogens is 138 g/mol. The molecule has 0 N–H and O–H groups in total. The van der Waals surface area contributed by atoms with Crippen molar-refractivity contribution in [1.82, 2.24) is 4.90 Å². The molecule has 1 spiro atoms. The Kier molecular flexibility index (Phi) is 2.55. The molecular formula is C9H19NO. The molecule has 2 heteroatoms. The van der Waals surface area contributed by atoms with Crippen molar-refractivity contribution in [2.45, 2.75) is 20.3 Å². The maximum Gasteiger partial charge on any atom is 0.0557 e. The zero-order valence-corrected chi connectivity index (χ0v) is 6.60. The summed E-state index contributed by atoms with van der Waals surface area (Å²) in [6.07, 6.45) is 2.75. The van der Waals surface area contributed by atoms with Crippen LogP contribution in [-0.2, 0) is 4.74 Å². The zero-order valence-electron chi connectivity index (χ0n) is 6.60. The highest BCUT2D eigenvalue weighted by Gasteiger charge is 2.40. The van der Waals surface area contributed by atoms with Crippen LogP contribution in [0.4, 0.5) is 0 Å². The molecule has 0 aromatic carbocycles. The molecule has 2 heterocycles. The van der Waals surface area contributed by atoms with E-state index in [1.807, 2.05) is 0 Å². The molecule has 0 saturated carbocycles. The fraction of sp³-hybridized carbons (Fsp3) is 1.00. The Morgan fingerprint density at radius 1 is 1.36 bits per heavy atom. The largest absolute Gasteiger partial charge is 0.380 e. The molecule has 2 nitrogen and oxygen atoms in total. The molecule has 2 aliphatic rings. The third-order valence-corrected chi connectivity index (χ3v) is 2.67. The molecule has 0 unspecified atom stereocenters. The molecule has 0 atom stereocenters. The van der Waals surface area contributed by atoms with Crippen molar-refractivity contribution in [2.75, 3.05) is 33.4 Å². The maximum absolute atomic E-state index is 5.24. The Bertz CT molecular complexity index is 132. The van der Waals surface area contributed by atoms with Crippen molar-refractivity contribution in [2.24, 2.45) is 5.41 Å². The number of likely N-dealkylation sites (tertiary alicyclic amines) is 1. The lowest BCUT2D eigenvalue weighted by atomic mass is 9.78. The second kappa shape index (κ2) is 3.11. The third kappa shape index (κ3) is 1.57. The molecule has 0 radical (unpaired) electrons. The Balaban J connectivity index is 0.000000605. The van der Waals surface area contributed by atoms with Gasteiger partial charge in [-0.25, -0.2) is 0 Å². The van der Waals surface area contributed by atoms with E-state index in [4.69, 9.17) is 4.74 Å². The fourth-order valence-electron chi connectivity index (χ4n) is 2.08. The fourth-order valence-corrected chi connectivity index (χ4v) is 2.08. The Labute approximate surface area is 69.5 Å². The second-order valence-electron chi connectivity index (χ2n) is 3.83. The van der Waals surface area contributed by atoms with Gasteiger partial charge in [-0.2, -0.15) is 0 Å². The summed E-state index contributed by atoms with van der Waals surface area (Å²) in [7, 11) is 2.21. The van der Waals surface area contributed by atoms with Gasteiger partial charge in [0.1, 0.15) is 0 Å². The molecule has 0 aromatic heterocycles. The average molecular weight is 157 g/mol. The third-order valence-electron chi connectivity index (χ3n) is 2.67. The molecule has 0 aliphatic carbocycles. The quantitative estimate of drug-likeness (QED) is 0.526. The first-order valence-corrected chi connectivity index (χ1v) is 4.07. The van der Waals surface area contributed by atoms with Crippen LogP contribution in [0.15, 0.2) is 0 Å².